The van der Waals surface area contributed by atoms with Crippen LogP contribution in [-0.2, 0) is 4.79 Å². The van der Waals surface area contributed by atoms with Gasteiger partial charge < -0.3 is 19.3 Å². The van der Waals surface area contributed by atoms with Crippen molar-refractivity contribution in [2.24, 2.45) is 0 Å². The molecule has 0 saturated carbocycles. The number of carboxylic acid groups (broad SMARTS) is 1. The molecule has 0 radical (unpaired) electrons. The van der Waals surface area contributed by atoms with E-state index in [-0.39, 0.29) is 0 Å². The van der Waals surface area contributed by atoms with Crippen LogP contribution in [-0.4, -0.2) is 30.4 Å². The first-order chi connectivity index (χ1) is 7.68. The maximum absolute atomic E-state index is 10.7. The Morgan fingerprint density at radius 2 is 2.19 bits per heavy atom. The quantitative estimate of drug-likeness (QED) is 0.838. The van der Waals surface area contributed by atoms with Gasteiger partial charge in [-0.25, -0.2) is 4.79 Å². The van der Waals surface area contributed by atoms with Gasteiger partial charge in [0.1, 0.15) is 13.2 Å². The molecule has 0 bridgehead atoms. The monoisotopic (exact) mass is 224 g/mol. The fraction of sp³-hybridized carbons (Fsp3) is 0.364. The molecule has 0 aromatic heterocycles. The van der Waals surface area contributed by atoms with E-state index in [1.165, 1.54) is 6.92 Å². The molecule has 1 N–H and O–H groups in total. The van der Waals surface area contributed by atoms with Crippen molar-refractivity contribution < 1.29 is 24.1 Å². The topological polar surface area (TPSA) is 65.0 Å². The van der Waals surface area contributed by atoms with Gasteiger partial charge in [-0.3, -0.25) is 0 Å². The SMILES string of the molecule is CC(Oc1cccc2c1OCCO2)C(=O)O. The van der Waals surface area contributed by atoms with E-state index in [9.17, 15) is 4.79 Å². The summed E-state index contributed by atoms with van der Waals surface area (Å²) in [5, 5.41) is 8.75. The summed E-state index contributed by atoms with van der Waals surface area (Å²) in [6.07, 6.45) is -0.919. The Kier molecular flexibility index (Phi) is 2.85. The maximum atomic E-state index is 10.7. The number of rotatable bonds is 3. The summed E-state index contributed by atoms with van der Waals surface area (Å²) >= 11 is 0. The Bertz CT molecular complexity index is 401. The Balaban J connectivity index is 2.24. The molecule has 5 heteroatoms. The van der Waals surface area contributed by atoms with Crippen molar-refractivity contribution in [1.82, 2.24) is 0 Å². The van der Waals surface area contributed by atoms with Crippen LogP contribution in [0.3, 0.4) is 0 Å². The van der Waals surface area contributed by atoms with Gasteiger partial charge in [-0.2, -0.15) is 0 Å². The third kappa shape index (κ3) is 2.03. The molecular formula is C11H12O5. The summed E-state index contributed by atoms with van der Waals surface area (Å²) < 4.78 is 16.0. The number of ether oxygens (including phenoxy) is 3. The van der Waals surface area contributed by atoms with Crippen LogP contribution in [0.15, 0.2) is 18.2 Å². The van der Waals surface area contributed by atoms with Crippen molar-refractivity contribution in [1.29, 1.82) is 0 Å². The molecule has 0 spiro atoms. The first-order valence-corrected chi connectivity index (χ1v) is 4.96. The van der Waals surface area contributed by atoms with Crippen molar-refractivity contribution in [3.8, 4) is 17.2 Å². The van der Waals surface area contributed by atoms with Crippen LogP contribution in [0.5, 0.6) is 17.2 Å². The van der Waals surface area contributed by atoms with Gasteiger partial charge in [0.25, 0.3) is 0 Å². The first-order valence-electron chi connectivity index (χ1n) is 4.96. The van der Waals surface area contributed by atoms with Crippen molar-refractivity contribution in [3.05, 3.63) is 18.2 Å². The lowest BCUT2D eigenvalue weighted by molar-refractivity contribution is -0.144. The molecule has 2 rings (SSSR count). The molecule has 1 heterocycles. The Morgan fingerprint density at radius 3 is 2.94 bits per heavy atom. The van der Waals surface area contributed by atoms with E-state index in [0.29, 0.717) is 30.5 Å². The highest BCUT2D eigenvalue weighted by Gasteiger charge is 2.20. The van der Waals surface area contributed by atoms with Crippen LogP contribution in [0.1, 0.15) is 6.92 Å². The molecule has 86 valence electrons. The van der Waals surface area contributed by atoms with E-state index in [4.69, 9.17) is 19.3 Å². The second-order valence-corrected chi connectivity index (χ2v) is 3.38. The van der Waals surface area contributed by atoms with E-state index < -0.39 is 12.1 Å². The van der Waals surface area contributed by atoms with Crippen LogP contribution >= 0.6 is 0 Å². The summed E-state index contributed by atoms with van der Waals surface area (Å²) in [4.78, 5) is 10.7. The highest BCUT2D eigenvalue weighted by Crippen LogP contribution is 2.39. The molecule has 1 aromatic rings. The molecule has 0 aliphatic carbocycles. The largest absolute Gasteiger partial charge is 0.486 e. The van der Waals surface area contributed by atoms with Gasteiger partial charge in [0.2, 0.25) is 5.75 Å². The molecule has 1 aromatic carbocycles. The lowest BCUT2D eigenvalue weighted by Gasteiger charge is -2.21. The van der Waals surface area contributed by atoms with Crippen LogP contribution in [0.25, 0.3) is 0 Å². The van der Waals surface area contributed by atoms with Crippen LogP contribution in [0.4, 0.5) is 0 Å². The van der Waals surface area contributed by atoms with Crippen LogP contribution in [0.2, 0.25) is 0 Å². The van der Waals surface area contributed by atoms with Crippen molar-refractivity contribution in [2.75, 3.05) is 13.2 Å². The number of hydrogen-bond acceptors (Lipinski definition) is 4. The average molecular weight is 224 g/mol. The van der Waals surface area contributed by atoms with Gasteiger partial charge in [-0.15, -0.1) is 0 Å². The molecule has 5 nitrogen and oxygen atoms in total. The number of hydrogen-bond donors (Lipinski definition) is 1. The van der Waals surface area contributed by atoms with E-state index in [2.05, 4.69) is 0 Å². The smallest absolute Gasteiger partial charge is 0.344 e. The molecule has 1 unspecified atom stereocenters. The lowest BCUT2D eigenvalue weighted by Crippen LogP contribution is -2.24. The van der Waals surface area contributed by atoms with E-state index in [0.717, 1.165) is 0 Å². The summed E-state index contributed by atoms with van der Waals surface area (Å²) in [5.41, 5.74) is 0. The fourth-order valence-corrected chi connectivity index (χ4v) is 1.38. The molecule has 1 atom stereocenters. The molecule has 16 heavy (non-hydrogen) atoms. The Hall–Kier alpha value is -1.91. The van der Waals surface area contributed by atoms with Crippen molar-refractivity contribution in [2.45, 2.75) is 13.0 Å². The van der Waals surface area contributed by atoms with Gasteiger partial charge in [-0.05, 0) is 19.1 Å². The standard InChI is InChI=1S/C11H12O5/c1-7(11(12)13)16-9-4-2-3-8-10(9)15-6-5-14-8/h2-4,7H,5-6H2,1H3,(H,12,13). The van der Waals surface area contributed by atoms with Gasteiger partial charge >= 0.3 is 5.97 Å². The zero-order valence-electron chi connectivity index (χ0n) is 8.80. The summed E-state index contributed by atoms with van der Waals surface area (Å²) in [6.45, 7) is 2.39. The Labute approximate surface area is 92.5 Å². The summed E-state index contributed by atoms with van der Waals surface area (Å²) in [5.74, 6) is 0.435. The van der Waals surface area contributed by atoms with E-state index in [1.54, 1.807) is 18.2 Å². The molecule has 1 aliphatic rings. The summed E-state index contributed by atoms with van der Waals surface area (Å²) in [6, 6.07) is 5.15. The minimum Gasteiger partial charge on any atom is -0.486 e. The molecule has 1 aliphatic heterocycles. The van der Waals surface area contributed by atoms with Gasteiger partial charge in [0.05, 0.1) is 0 Å². The third-order valence-electron chi connectivity index (χ3n) is 2.18. The average Bonchev–Trinajstić information content (AvgIpc) is 2.29. The number of benzene rings is 1. The highest BCUT2D eigenvalue weighted by molar-refractivity contribution is 5.72. The van der Waals surface area contributed by atoms with Gasteiger partial charge in [0, 0.05) is 0 Å². The van der Waals surface area contributed by atoms with Crippen LogP contribution < -0.4 is 14.2 Å². The number of para-hydroxylation sites is 1. The third-order valence-corrected chi connectivity index (χ3v) is 2.18. The number of carboxylic acids is 1. The predicted molar refractivity (Wildman–Crippen MR) is 55.2 cm³/mol. The molecule has 0 amide bonds. The normalized spacial score (nSPS) is 15.3. The van der Waals surface area contributed by atoms with E-state index in [1.807, 2.05) is 0 Å². The molecule has 0 fully saturated rings. The van der Waals surface area contributed by atoms with Crippen molar-refractivity contribution in [3.63, 3.8) is 0 Å². The van der Waals surface area contributed by atoms with Crippen molar-refractivity contribution >= 4 is 5.97 Å². The minimum atomic E-state index is -1.02. The summed E-state index contributed by atoms with van der Waals surface area (Å²) in [7, 11) is 0. The zero-order chi connectivity index (χ0) is 11.5. The second kappa shape index (κ2) is 4.30. The van der Waals surface area contributed by atoms with Crippen LogP contribution in [0, 0.1) is 0 Å². The lowest BCUT2D eigenvalue weighted by atomic mass is 10.2. The van der Waals surface area contributed by atoms with Gasteiger partial charge in [-0.1, -0.05) is 6.07 Å². The minimum absolute atomic E-state index is 0.395. The first kappa shape index (κ1) is 10.6. The Morgan fingerprint density at radius 1 is 1.44 bits per heavy atom. The molecular weight excluding hydrogens is 212 g/mol. The second-order valence-electron chi connectivity index (χ2n) is 3.38. The predicted octanol–water partition coefficient (Wildman–Crippen LogP) is 1.31. The zero-order valence-corrected chi connectivity index (χ0v) is 8.80. The number of fused-ring (bicyclic) bond motifs is 1. The number of aliphatic carboxylic acids is 1. The maximum Gasteiger partial charge on any atom is 0.344 e. The fourth-order valence-electron chi connectivity index (χ4n) is 1.38. The number of carbonyl (C=O) groups is 1. The van der Waals surface area contributed by atoms with Gasteiger partial charge in [0.15, 0.2) is 17.6 Å². The van der Waals surface area contributed by atoms with E-state index >= 15 is 0 Å². The molecule has 0 saturated heterocycles. The highest BCUT2D eigenvalue weighted by atomic mass is 16.6.